The molecule has 0 unspecified atom stereocenters. The van der Waals surface area contributed by atoms with Gasteiger partial charge in [-0.2, -0.15) is 0 Å². The van der Waals surface area contributed by atoms with Crippen molar-refractivity contribution >= 4 is 0 Å². The lowest BCUT2D eigenvalue weighted by Crippen LogP contribution is -2.14. The van der Waals surface area contributed by atoms with Crippen molar-refractivity contribution in [3.8, 4) is 0 Å². The second-order valence-electron chi connectivity index (χ2n) is 3.50. The molecule has 0 radical (unpaired) electrons. The molecule has 0 spiro atoms. The summed E-state index contributed by atoms with van der Waals surface area (Å²) in [5.74, 6) is 0.951. The summed E-state index contributed by atoms with van der Waals surface area (Å²) in [5.41, 5.74) is 3.55. The van der Waals surface area contributed by atoms with Gasteiger partial charge in [-0.1, -0.05) is 6.92 Å². The molecule has 0 aromatic carbocycles. The van der Waals surface area contributed by atoms with Crippen molar-refractivity contribution in [1.82, 2.24) is 15.3 Å². The van der Waals surface area contributed by atoms with Gasteiger partial charge in [-0.25, -0.2) is 9.97 Å². The molecule has 0 aliphatic rings. The van der Waals surface area contributed by atoms with E-state index in [1.165, 1.54) is 5.56 Å². The molecule has 0 amide bonds. The zero-order chi connectivity index (χ0) is 10.6. The largest absolute Gasteiger partial charge is 0.319 e. The maximum atomic E-state index is 4.49. The van der Waals surface area contributed by atoms with Gasteiger partial charge in [0.05, 0.1) is 0 Å². The van der Waals surface area contributed by atoms with Gasteiger partial charge in [0.2, 0.25) is 0 Å². The fourth-order valence-electron chi connectivity index (χ4n) is 1.67. The SMILES string of the molecule is CCc1c(C)nc(CCNC)nc1C. The number of rotatable bonds is 4. The fraction of sp³-hybridized carbons (Fsp3) is 0.636. The molecular formula is C11H19N3. The lowest BCUT2D eigenvalue weighted by Gasteiger charge is -2.08. The summed E-state index contributed by atoms with van der Waals surface area (Å²) in [6, 6.07) is 0. The smallest absolute Gasteiger partial charge is 0.130 e. The van der Waals surface area contributed by atoms with Crippen molar-refractivity contribution in [2.24, 2.45) is 0 Å². The van der Waals surface area contributed by atoms with Crippen LogP contribution in [0, 0.1) is 13.8 Å². The van der Waals surface area contributed by atoms with Crippen LogP contribution in [-0.4, -0.2) is 23.6 Å². The Morgan fingerprint density at radius 3 is 2.14 bits per heavy atom. The van der Waals surface area contributed by atoms with Crippen molar-refractivity contribution in [1.29, 1.82) is 0 Å². The topological polar surface area (TPSA) is 37.8 Å². The summed E-state index contributed by atoms with van der Waals surface area (Å²) in [7, 11) is 1.94. The van der Waals surface area contributed by atoms with E-state index in [9.17, 15) is 0 Å². The molecule has 1 N–H and O–H groups in total. The fourth-order valence-corrected chi connectivity index (χ4v) is 1.67. The summed E-state index contributed by atoms with van der Waals surface area (Å²) < 4.78 is 0. The van der Waals surface area contributed by atoms with Crippen LogP contribution in [-0.2, 0) is 12.8 Å². The lowest BCUT2D eigenvalue weighted by atomic mass is 10.1. The molecule has 3 heteroatoms. The van der Waals surface area contributed by atoms with E-state index >= 15 is 0 Å². The van der Waals surface area contributed by atoms with Crippen LogP contribution < -0.4 is 5.32 Å². The Hall–Kier alpha value is -0.960. The van der Waals surface area contributed by atoms with E-state index in [1.54, 1.807) is 0 Å². The summed E-state index contributed by atoms with van der Waals surface area (Å²) in [5, 5.41) is 3.10. The van der Waals surface area contributed by atoms with Crippen LogP contribution in [0.5, 0.6) is 0 Å². The van der Waals surface area contributed by atoms with Crippen molar-refractivity contribution in [2.75, 3.05) is 13.6 Å². The number of hydrogen-bond acceptors (Lipinski definition) is 3. The van der Waals surface area contributed by atoms with Gasteiger partial charge in [0, 0.05) is 24.4 Å². The van der Waals surface area contributed by atoms with Gasteiger partial charge in [0.1, 0.15) is 5.82 Å². The summed E-state index contributed by atoms with van der Waals surface area (Å²) in [4.78, 5) is 8.98. The Labute approximate surface area is 86.0 Å². The summed E-state index contributed by atoms with van der Waals surface area (Å²) in [6.07, 6.45) is 1.92. The molecule has 0 bridgehead atoms. The quantitative estimate of drug-likeness (QED) is 0.786. The highest BCUT2D eigenvalue weighted by Gasteiger charge is 2.05. The van der Waals surface area contributed by atoms with Crippen LogP contribution in [0.4, 0.5) is 0 Å². The molecule has 0 fully saturated rings. The van der Waals surface area contributed by atoms with E-state index in [2.05, 4.69) is 36.1 Å². The zero-order valence-electron chi connectivity index (χ0n) is 9.52. The van der Waals surface area contributed by atoms with Crippen LogP contribution >= 0.6 is 0 Å². The first-order valence-electron chi connectivity index (χ1n) is 5.16. The molecule has 1 aromatic heterocycles. The average molecular weight is 193 g/mol. The minimum absolute atomic E-state index is 0.905. The second-order valence-corrected chi connectivity index (χ2v) is 3.50. The molecule has 0 atom stereocenters. The Balaban J connectivity index is 2.90. The van der Waals surface area contributed by atoms with Crippen molar-refractivity contribution < 1.29 is 0 Å². The minimum atomic E-state index is 0.905. The summed E-state index contributed by atoms with van der Waals surface area (Å²) in [6.45, 7) is 7.21. The second kappa shape index (κ2) is 5.05. The predicted octanol–water partition coefficient (Wildman–Crippen LogP) is 1.42. The normalized spacial score (nSPS) is 10.6. The van der Waals surface area contributed by atoms with E-state index in [0.717, 1.165) is 36.6 Å². The van der Waals surface area contributed by atoms with Gasteiger partial charge >= 0.3 is 0 Å². The van der Waals surface area contributed by atoms with Crippen LogP contribution in [0.25, 0.3) is 0 Å². The highest BCUT2D eigenvalue weighted by Crippen LogP contribution is 2.10. The zero-order valence-corrected chi connectivity index (χ0v) is 9.52. The van der Waals surface area contributed by atoms with Gasteiger partial charge in [0.15, 0.2) is 0 Å². The lowest BCUT2D eigenvalue weighted by molar-refractivity contribution is 0.742. The predicted molar refractivity (Wildman–Crippen MR) is 58.5 cm³/mol. The Bertz CT molecular complexity index is 284. The Kier molecular flexibility index (Phi) is 4.01. The maximum absolute atomic E-state index is 4.49. The van der Waals surface area contributed by atoms with Gasteiger partial charge in [0.25, 0.3) is 0 Å². The van der Waals surface area contributed by atoms with Gasteiger partial charge in [-0.05, 0) is 32.9 Å². The van der Waals surface area contributed by atoms with Crippen molar-refractivity contribution in [3.05, 3.63) is 22.8 Å². The average Bonchev–Trinajstić information content (AvgIpc) is 2.14. The third-order valence-corrected chi connectivity index (χ3v) is 2.42. The Morgan fingerprint density at radius 2 is 1.71 bits per heavy atom. The molecule has 1 rings (SSSR count). The van der Waals surface area contributed by atoms with E-state index in [1.807, 2.05) is 7.05 Å². The van der Waals surface area contributed by atoms with Crippen LogP contribution in [0.1, 0.15) is 29.7 Å². The molecule has 0 aliphatic carbocycles. The third kappa shape index (κ3) is 2.51. The van der Waals surface area contributed by atoms with Gasteiger partial charge < -0.3 is 5.32 Å². The number of aryl methyl sites for hydroxylation is 2. The first-order valence-corrected chi connectivity index (χ1v) is 5.16. The first-order chi connectivity index (χ1) is 6.69. The van der Waals surface area contributed by atoms with E-state index in [4.69, 9.17) is 0 Å². The molecule has 0 saturated heterocycles. The van der Waals surface area contributed by atoms with E-state index in [0.29, 0.717) is 0 Å². The van der Waals surface area contributed by atoms with Crippen molar-refractivity contribution in [3.63, 3.8) is 0 Å². The van der Waals surface area contributed by atoms with Crippen LogP contribution in [0.15, 0.2) is 0 Å². The van der Waals surface area contributed by atoms with E-state index < -0.39 is 0 Å². The number of nitrogens with one attached hydrogen (secondary N) is 1. The standard InChI is InChI=1S/C11H19N3/c1-5-10-8(2)13-11(6-7-12-4)14-9(10)3/h12H,5-7H2,1-4H3. The maximum Gasteiger partial charge on any atom is 0.130 e. The van der Waals surface area contributed by atoms with Crippen molar-refractivity contribution in [2.45, 2.75) is 33.6 Å². The third-order valence-electron chi connectivity index (χ3n) is 2.42. The van der Waals surface area contributed by atoms with Crippen LogP contribution in [0.2, 0.25) is 0 Å². The number of hydrogen-bond donors (Lipinski definition) is 1. The number of nitrogens with zero attached hydrogens (tertiary/aromatic N) is 2. The number of likely N-dealkylation sites (N-methyl/N-ethyl adjacent to an activating group) is 1. The Morgan fingerprint density at radius 1 is 1.14 bits per heavy atom. The highest BCUT2D eigenvalue weighted by atomic mass is 14.9. The number of aromatic nitrogens is 2. The molecule has 1 aromatic rings. The molecule has 78 valence electrons. The molecule has 0 saturated carbocycles. The molecule has 3 nitrogen and oxygen atoms in total. The molecular weight excluding hydrogens is 174 g/mol. The summed E-state index contributed by atoms with van der Waals surface area (Å²) >= 11 is 0. The van der Waals surface area contributed by atoms with Crippen LogP contribution in [0.3, 0.4) is 0 Å². The van der Waals surface area contributed by atoms with Gasteiger partial charge in [-0.15, -0.1) is 0 Å². The highest BCUT2D eigenvalue weighted by molar-refractivity contribution is 5.24. The van der Waals surface area contributed by atoms with Gasteiger partial charge in [-0.3, -0.25) is 0 Å². The molecule has 1 heterocycles. The minimum Gasteiger partial charge on any atom is -0.319 e. The monoisotopic (exact) mass is 193 g/mol. The first kappa shape index (κ1) is 11.1. The molecule has 14 heavy (non-hydrogen) atoms. The molecule has 0 aliphatic heterocycles. The van der Waals surface area contributed by atoms with E-state index in [-0.39, 0.29) is 0 Å².